The number of amides is 2. The number of urea groups is 1. The number of para-hydroxylation sites is 2. The van der Waals surface area contributed by atoms with Crippen LogP contribution in [0.15, 0.2) is 24.3 Å². The van der Waals surface area contributed by atoms with E-state index in [4.69, 9.17) is 4.74 Å². The minimum absolute atomic E-state index is 0.00541. The largest absolute Gasteiger partial charge is 0.506 e. The van der Waals surface area contributed by atoms with E-state index in [0.717, 1.165) is 45.1 Å². The summed E-state index contributed by atoms with van der Waals surface area (Å²) in [6.45, 7) is 11.2. The average Bonchev–Trinajstić information content (AvgIpc) is 2.69. The highest BCUT2D eigenvalue weighted by molar-refractivity contribution is 5.74. The van der Waals surface area contributed by atoms with Gasteiger partial charge in [0, 0.05) is 51.9 Å². The molecule has 2 amide bonds. The lowest BCUT2D eigenvalue weighted by Crippen LogP contribution is -2.55. The molecule has 0 radical (unpaired) electrons. The zero-order valence-corrected chi connectivity index (χ0v) is 16.4. The fourth-order valence-corrected chi connectivity index (χ4v) is 3.88. The van der Waals surface area contributed by atoms with Crippen molar-refractivity contribution in [2.24, 2.45) is 5.92 Å². The summed E-state index contributed by atoms with van der Waals surface area (Å²) in [6.07, 6.45) is 0. The fourth-order valence-electron chi connectivity index (χ4n) is 3.88. The number of phenolic OH excluding ortho intramolecular Hbond substituents is 1. The Balaban J connectivity index is 1.48. The number of benzene rings is 1. The minimum atomic E-state index is 0.00541. The summed E-state index contributed by atoms with van der Waals surface area (Å²) in [5.74, 6) is 0.766. The molecule has 150 valence electrons. The fraction of sp³-hybridized carbons (Fsp3) is 0.650. The van der Waals surface area contributed by atoms with Gasteiger partial charge in [0.15, 0.2) is 0 Å². The number of carbonyl (C=O) groups is 1. The molecule has 2 aliphatic rings. The molecule has 1 unspecified atom stereocenters. The number of ether oxygens (including phenoxy) is 1. The van der Waals surface area contributed by atoms with E-state index in [1.54, 1.807) is 6.07 Å². The van der Waals surface area contributed by atoms with Crippen molar-refractivity contribution in [2.75, 3.05) is 63.9 Å². The molecule has 7 nitrogen and oxygen atoms in total. The number of carbonyl (C=O) groups excluding carboxylic acids is 1. The Morgan fingerprint density at radius 2 is 1.78 bits per heavy atom. The van der Waals surface area contributed by atoms with Crippen molar-refractivity contribution in [1.82, 2.24) is 15.1 Å². The van der Waals surface area contributed by atoms with Crippen molar-refractivity contribution >= 4 is 11.7 Å². The molecule has 1 aromatic rings. The summed E-state index contributed by atoms with van der Waals surface area (Å²) < 4.78 is 5.45. The van der Waals surface area contributed by atoms with E-state index in [1.807, 2.05) is 23.1 Å². The molecule has 0 aliphatic carbocycles. The second kappa shape index (κ2) is 9.28. The van der Waals surface area contributed by atoms with Crippen LogP contribution in [0.1, 0.15) is 13.8 Å². The number of piperazine rings is 1. The van der Waals surface area contributed by atoms with E-state index in [1.165, 1.54) is 0 Å². The maximum absolute atomic E-state index is 12.6. The summed E-state index contributed by atoms with van der Waals surface area (Å²) in [7, 11) is 0. The first-order valence-corrected chi connectivity index (χ1v) is 9.94. The van der Waals surface area contributed by atoms with E-state index >= 15 is 0 Å². The van der Waals surface area contributed by atoms with Gasteiger partial charge in [-0.2, -0.15) is 0 Å². The maximum Gasteiger partial charge on any atom is 0.317 e. The van der Waals surface area contributed by atoms with Crippen molar-refractivity contribution in [1.29, 1.82) is 0 Å². The van der Waals surface area contributed by atoms with E-state index in [2.05, 4.69) is 29.0 Å². The summed E-state index contributed by atoms with van der Waals surface area (Å²) >= 11 is 0. The van der Waals surface area contributed by atoms with Gasteiger partial charge in [0.25, 0.3) is 0 Å². The predicted octanol–water partition coefficient (Wildman–Crippen LogP) is 1.58. The molecule has 0 aromatic heterocycles. The topological polar surface area (TPSA) is 68.3 Å². The van der Waals surface area contributed by atoms with Crippen LogP contribution in [0.3, 0.4) is 0 Å². The number of nitrogens with zero attached hydrogens (tertiary/aromatic N) is 3. The SMILES string of the molecule is CC(C)C(CNC(=O)N1CCN(c2ccccc2O)CC1)N1CCOCC1. The Morgan fingerprint density at radius 1 is 1.11 bits per heavy atom. The quantitative estimate of drug-likeness (QED) is 0.817. The number of aromatic hydroxyl groups is 1. The lowest BCUT2D eigenvalue weighted by atomic mass is 10.0. The third kappa shape index (κ3) is 5.05. The smallest absolute Gasteiger partial charge is 0.317 e. The van der Waals surface area contributed by atoms with Crippen molar-refractivity contribution in [3.8, 4) is 5.75 Å². The van der Waals surface area contributed by atoms with Crippen LogP contribution in [0.25, 0.3) is 0 Å². The van der Waals surface area contributed by atoms with Crippen molar-refractivity contribution in [3.63, 3.8) is 0 Å². The number of morpholine rings is 1. The minimum Gasteiger partial charge on any atom is -0.506 e. The molecule has 7 heteroatoms. The summed E-state index contributed by atoms with van der Waals surface area (Å²) in [5, 5.41) is 13.1. The van der Waals surface area contributed by atoms with Crippen LogP contribution in [0.2, 0.25) is 0 Å². The Bertz CT molecular complexity index is 611. The molecular weight excluding hydrogens is 344 g/mol. The van der Waals surface area contributed by atoms with Gasteiger partial charge < -0.3 is 25.0 Å². The average molecular weight is 377 g/mol. The summed E-state index contributed by atoms with van der Waals surface area (Å²) in [6, 6.07) is 7.70. The molecule has 1 atom stereocenters. The third-order valence-corrected chi connectivity index (χ3v) is 5.54. The molecule has 2 aliphatic heterocycles. The van der Waals surface area contributed by atoms with Crippen LogP contribution in [0.4, 0.5) is 10.5 Å². The lowest BCUT2D eigenvalue weighted by Gasteiger charge is -2.38. The molecule has 0 saturated carbocycles. The number of phenols is 1. The number of rotatable bonds is 5. The van der Waals surface area contributed by atoms with Crippen LogP contribution in [0, 0.1) is 5.92 Å². The molecule has 2 fully saturated rings. The second-order valence-electron chi connectivity index (χ2n) is 7.61. The molecule has 2 N–H and O–H groups in total. The second-order valence-corrected chi connectivity index (χ2v) is 7.61. The maximum atomic E-state index is 12.6. The van der Waals surface area contributed by atoms with Crippen LogP contribution in [-0.2, 0) is 4.74 Å². The molecule has 0 spiro atoms. The first-order valence-electron chi connectivity index (χ1n) is 9.94. The summed E-state index contributed by atoms with van der Waals surface area (Å²) in [4.78, 5) is 19.0. The monoisotopic (exact) mass is 376 g/mol. The van der Waals surface area contributed by atoms with E-state index in [9.17, 15) is 9.90 Å². The van der Waals surface area contributed by atoms with Crippen LogP contribution >= 0.6 is 0 Å². The van der Waals surface area contributed by atoms with Gasteiger partial charge in [0.05, 0.1) is 18.9 Å². The van der Waals surface area contributed by atoms with Gasteiger partial charge >= 0.3 is 6.03 Å². The van der Waals surface area contributed by atoms with Gasteiger partial charge in [-0.1, -0.05) is 26.0 Å². The zero-order valence-electron chi connectivity index (χ0n) is 16.4. The van der Waals surface area contributed by atoms with Crippen LogP contribution in [0.5, 0.6) is 5.75 Å². The zero-order chi connectivity index (χ0) is 19.2. The highest BCUT2D eigenvalue weighted by atomic mass is 16.5. The Hall–Kier alpha value is -1.99. The number of hydrogen-bond acceptors (Lipinski definition) is 5. The molecule has 3 rings (SSSR count). The van der Waals surface area contributed by atoms with Gasteiger partial charge in [-0.25, -0.2) is 4.79 Å². The molecule has 0 bridgehead atoms. The molecule has 2 heterocycles. The van der Waals surface area contributed by atoms with E-state index < -0.39 is 0 Å². The van der Waals surface area contributed by atoms with E-state index in [0.29, 0.717) is 37.3 Å². The number of anilines is 1. The summed E-state index contributed by atoms with van der Waals surface area (Å²) in [5.41, 5.74) is 0.838. The van der Waals surface area contributed by atoms with Gasteiger partial charge in [0.1, 0.15) is 5.75 Å². The van der Waals surface area contributed by atoms with Crippen molar-refractivity contribution in [3.05, 3.63) is 24.3 Å². The molecule has 2 saturated heterocycles. The Labute approximate surface area is 161 Å². The highest BCUT2D eigenvalue weighted by Crippen LogP contribution is 2.27. The van der Waals surface area contributed by atoms with Gasteiger partial charge in [-0.3, -0.25) is 4.90 Å². The Kier molecular flexibility index (Phi) is 6.79. The van der Waals surface area contributed by atoms with Gasteiger partial charge in [0.2, 0.25) is 0 Å². The molecule has 27 heavy (non-hydrogen) atoms. The predicted molar refractivity (Wildman–Crippen MR) is 106 cm³/mol. The van der Waals surface area contributed by atoms with Crippen LogP contribution < -0.4 is 10.2 Å². The molecule has 1 aromatic carbocycles. The first kappa shape index (κ1) is 19.8. The van der Waals surface area contributed by atoms with Crippen LogP contribution in [-0.4, -0.2) is 86.0 Å². The Morgan fingerprint density at radius 3 is 2.41 bits per heavy atom. The van der Waals surface area contributed by atoms with Gasteiger partial charge in [-0.05, 0) is 18.1 Å². The van der Waals surface area contributed by atoms with Gasteiger partial charge in [-0.15, -0.1) is 0 Å². The highest BCUT2D eigenvalue weighted by Gasteiger charge is 2.26. The number of nitrogens with one attached hydrogen (secondary N) is 1. The number of hydrogen-bond donors (Lipinski definition) is 2. The normalized spacial score (nSPS) is 20.0. The van der Waals surface area contributed by atoms with Crippen molar-refractivity contribution < 1.29 is 14.6 Å². The molecular formula is C20H32N4O3. The third-order valence-electron chi connectivity index (χ3n) is 5.54. The van der Waals surface area contributed by atoms with E-state index in [-0.39, 0.29) is 6.03 Å². The lowest BCUT2D eigenvalue weighted by molar-refractivity contribution is 0.00693. The van der Waals surface area contributed by atoms with Crippen molar-refractivity contribution in [2.45, 2.75) is 19.9 Å². The standard InChI is InChI=1S/C20H32N4O3/c1-16(2)18(23-11-13-27-14-12-23)15-21-20(26)24-9-7-22(8-10-24)17-5-3-4-6-19(17)25/h3-6,16,18,25H,7-15H2,1-2H3,(H,21,26). The first-order chi connectivity index (χ1) is 13.1.